The number of benzene rings is 3. The number of amides is 1. The van der Waals surface area contributed by atoms with Crippen LogP contribution in [0.15, 0.2) is 60.0 Å². The number of hydrogen-bond donors (Lipinski definition) is 3. The number of phenols is 1. The van der Waals surface area contributed by atoms with Gasteiger partial charge in [-0.25, -0.2) is 0 Å². The lowest BCUT2D eigenvalue weighted by atomic mass is 10.00. The van der Waals surface area contributed by atoms with E-state index in [0.717, 1.165) is 27.9 Å². The number of carbonyl (C=O) groups excluding carboxylic acids is 1. The van der Waals surface area contributed by atoms with Gasteiger partial charge < -0.3 is 35.1 Å². The molecule has 1 amide bonds. The Kier molecular flexibility index (Phi) is 8.35. The summed E-state index contributed by atoms with van der Waals surface area (Å²) in [5.74, 6) is 1.83. The SMILES string of the molecule is COc1ccc(-c2csnc2-c2cc(OC)c(OC)c(OC)c2)cc1NC(=O)[C@@H](N)Cc1ccc(O)cc1. The maximum atomic E-state index is 12.9. The number of anilines is 1. The third kappa shape index (κ3) is 5.66. The molecule has 0 saturated heterocycles. The first kappa shape index (κ1) is 26.8. The lowest BCUT2D eigenvalue weighted by Gasteiger charge is -2.16. The third-order valence-electron chi connectivity index (χ3n) is 6.00. The molecule has 0 spiro atoms. The molecule has 0 aliphatic carbocycles. The number of phenolic OH excluding ortho intramolecular Hbond substituents is 1. The van der Waals surface area contributed by atoms with Crippen molar-refractivity contribution in [3.05, 3.63) is 65.5 Å². The molecular formula is C28H29N3O6S. The van der Waals surface area contributed by atoms with Crippen LogP contribution >= 0.6 is 11.5 Å². The minimum atomic E-state index is -0.800. The Balaban J connectivity index is 1.64. The van der Waals surface area contributed by atoms with E-state index in [1.54, 1.807) is 51.7 Å². The molecule has 0 radical (unpaired) electrons. The van der Waals surface area contributed by atoms with Crippen LogP contribution in [0.2, 0.25) is 0 Å². The largest absolute Gasteiger partial charge is 0.508 e. The smallest absolute Gasteiger partial charge is 0.241 e. The van der Waals surface area contributed by atoms with Crippen molar-refractivity contribution in [2.75, 3.05) is 33.8 Å². The minimum absolute atomic E-state index is 0.155. The average Bonchev–Trinajstić information content (AvgIpc) is 3.43. The number of rotatable bonds is 10. The molecule has 38 heavy (non-hydrogen) atoms. The van der Waals surface area contributed by atoms with Crippen molar-refractivity contribution in [3.63, 3.8) is 0 Å². The van der Waals surface area contributed by atoms with Crippen LogP contribution in [0.25, 0.3) is 22.4 Å². The molecule has 198 valence electrons. The van der Waals surface area contributed by atoms with Gasteiger partial charge in [-0.05, 0) is 65.5 Å². The van der Waals surface area contributed by atoms with Gasteiger partial charge in [0.15, 0.2) is 11.5 Å². The monoisotopic (exact) mass is 535 g/mol. The van der Waals surface area contributed by atoms with E-state index in [4.69, 9.17) is 24.7 Å². The van der Waals surface area contributed by atoms with Crippen molar-refractivity contribution in [2.45, 2.75) is 12.5 Å². The van der Waals surface area contributed by atoms with E-state index in [1.807, 2.05) is 29.6 Å². The van der Waals surface area contributed by atoms with Crippen molar-refractivity contribution in [1.82, 2.24) is 4.37 Å². The summed E-state index contributed by atoms with van der Waals surface area (Å²) in [5, 5.41) is 14.3. The third-order valence-corrected chi connectivity index (χ3v) is 6.63. The van der Waals surface area contributed by atoms with Gasteiger partial charge in [0.25, 0.3) is 0 Å². The number of hydrogen-bond acceptors (Lipinski definition) is 9. The fourth-order valence-corrected chi connectivity index (χ4v) is 4.76. The van der Waals surface area contributed by atoms with Gasteiger partial charge in [0.05, 0.1) is 45.9 Å². The van der Waals surface area contributed by atoms with Crippen molar-refractivity contribution >= 4 is 23.1 Å². The number of nitrogens with one attached hydrogen (secondary N) is 1. The van der Waals surface area contributed by atoms with Crippen molar-refractivity contribution in [1.29, 1.82) is 0 Å². The summed E-state index contributed by atoms with van der Waals surface area (Å²) in [5.41, 5.74) is 10.7. The summed E-state index contributed by atoms with van der Waals surface area (Å²) in [6, 6.07) is 15.0. The molecule has 0 saturated carbocycles. The molecule has 4 N–H and O–H groups in total. The Morgan fingerprint density at radius 2 is 1.58 bits per heavy atom. The zero-order valence-corrected chi connectivity index (χ0v) is 22.3. The number of nitrogens with two attached hydrogens (primary N) is 1. The quantitative estimate of drug-likeness (QED) is 0.266. The fraction of sp³-hybridized carbons (Fsp3) is 0.214. The lowest BCUT2D eigenvalue weighted by molar-refractivity contribution is -0.117. The Morgan fingerprint density at radius 1 is 0.921 bits per heavy atom. The molecular weight excluding hydrogens is 506 g/mol. The van der Waals surface area contributed by atoms with Crippen LogP contribution in [-0.2, 0) is 11.2 Å². The summed E-state index contributed by atoms with van der Waals surface area (Å²) < 4.78 is 26.6. The molecule has 4 rings (SSSR count). The molecule has 4 aromatic rings. The first-order valence-corrected chi connectivity index (χ1v) is 12.5. The van der Waals surface area contributed by atoms with Gasteiger partial charge in [0, 0.05) is 16.5 Å². The molecule has 0 unspecified atom stereocenters. The highest BCUT2D eigenvalue weighted by Gasteiger charge is 2.20. The van der Waals surface area contributed by atoms with Gasteiger partial charge in [0.2, 0.25) is 11.7 Å². The van der Waals surface area contributed by atoms with Crippen LogP contribution in [0, 0.1) is 0 Å². The zero-order chi connectivity index (χ0) is 27.2. The maximum Gasteiger partial charge on any atom is 0.241 e. The van der Waals surface area contributed by atoms with Gasteiger partial charge in [-0.1, -0.05) is 18.2 Å². The number of carbonyl (C=O) groups is 1. The maximum absolute atomic E-state index is 12.9. The molecule has 1 aromatic heterocycles. The minimum Gasteiger partial charge on any atom is -0.508 e. The molecule has 10 heteroatoms. The fourth-order valence-electron chi connectivity index (χ4n) is 4.04. The number of aromatic nitrogens is 1. The van der Waals surface area contributed by atoms with E-state index in [-0.39, 0.29) is 11.7 Å². The van der Waals surface area contributed by atoms with E-state index >= 15 is 0 Å². The zero-order valence-electron chi connectivity index (χ0n) is 21.5. The highest BCUT2D eigenvalue weighted by molar-refractivity contribution is 7.04. The molecule has 3 aromatic carbocycles. The van der Waals surface area contributed by atoms with E-state index in [0.29, 0.717) is 35.1 Å². The number of methoxy groups -OCH3 is 4. The highest BCUT2D eigenvalue weighted by Crippen LogP contribution is 2.44. The number of ether oxygens (including phenoxy) is 4. The Labute approximate surface area is 224 Å². The van der Waals surface area contributed by atoms with E-state index in [2.05, 4.69) is 9.69 Å². The summed E-state index contributed by atoms with van der Waals surface area (Å²) >= 11 is 1.31. The van der Waals surface area contributed by atoms with Crippen molar-refractivity contribution in [2.24, 2.45) is 5.73 Å². The van der Waals surface area contributed by atoms with Crippen LogP contribution in [-0.4, -0.2) is 49.9 Å². The van der Waals surface area contributed by atoms with Crippen molar-refractivity contribution in [3.8, 4) is 51.1 Å². The predicted molar refractivity (Wildman–Crippen MR) is 148 cm³/mol. The summed E-state index contributed by atoms with van der Waals surface area (Å²) in [4.78, 5) is 12.9. The lowest BCUT2D eigenvalue weighted by Crippen LogP contribution is -2.37. The molecule has 0 aliphatic heterocycles. The van der Waals surface area contributed by atoms with E-state index in [9.17, 15) is 9.90 Å². The molecule has 0 bridgehead atoms. The van der Waals surface area contributed by atoms with Gasteiger partial charge in [-0.15, -0.1) is 0 Å². The van der Waals surface area contributed by atoms with Crippen LogP contribution in [0.3, 0.4) is 0 Å². The normalized spacial score (nSPS) is 11.5. The van der Waals surface area contributed by atoms with Crippen LogP contribution in [0.4, 0.5) is 5.69 Å². The topological polar surface area (TPSA) is 125 Å². The predicted octanol–water partition coefficient (Wildman–Crippen LogP) is 4.73. The van der Waals surface area contributed by atoms with Gasteiger partial charge in [-0.3, -0.25) is 4.79 Å². The van der Waals surface area contributed by atoms with Gasteiger partial charge in [0.1, 0.15) is 11.5 Å². The van der Waals surface area contributed by atoms with Gasteiger partial charge >= 0.3 is 0 Å². The van der Waals surface area contributed by atoms with Crippen LogP contribution in [0.1, 0.15) is 5.56 Å². The molecule has 9 nitrogen and oxygen atoms in total. The second-order valence-corrected chi connectivity index (χ2v) is 9.00. The van der Waals surface area contributed by atoms with Crippen LogP contribution < -0.4 is 30.0 Å². The van der Waals surface area contributed by atoms with E-state index in [1.165, 1.54) is 18.6 Å². The second-order valence-electron chi connectivity index (χ2n) is 8.37. The van der Waals surface area contributed by atoms with E-state index < -0.39 is 6.04 Å². The molecule has 1 heterocycles. The first-order chi connectivity index (χ1) is 18.4. The summed E-state index contributed by atoms with van der Waals surface area (Å²) in [6.07, 6.45) is 0.313. The number of nitrogens with zero attached hydrogens (tertiary/aromatic N) is 1. The standard InChI is InChI=1S/C28H29N3O6S/c1-34-23-10-7-17(12-22(23)30-28(33)21(29)11-16-5-8-19(32)9-6-16)20-15-38-31-26(20)18-13-24(35-2)27(37-4)25(14-18)36-3/h5-10,12-15,21,32H,11,29H2,1-4H3,(H,30,33)/t21-/m0/s1. The highest BCUT2D eigenvalue weighted by atomic mass is 32.1. The molecule has 0 aliphatic rings. The Morgan fingerprint density at radius 3 is 2.18 bits per heavy atom. The number of aromatic hydroxyl groups is 1. The van der Waals surface area contributed by atoms with Crippen LogP contribution in [0.5, 0.6) is 28.7 Å². The molecule has 0 fully saturated rings. The summed E-state index contributed by atoms with van der Waals surface area (Å²) in [6.45, 7) is 0. The molecule has 1 atom stereocenters. The van der Waals surface area contributed by atoms with Crippen molar-refractivity contribution < 1.29 is 28.8 Å². The Hall–Kier alpha value is -4.28. The first-order valence-electron chi connectivity index (χ1n) is 11.7. The second kappa shape index (κ2) is 11.8. The Bertz CT molecular complexity index is 1400. The average molecular weight is 536 g/mol. The summed E-state index contributed by atoms with van der Waals surface area (Å²) in [7, 11) is 6.22. The van der Waals surface area contributed by atoms with Gasteiger partial charge in [-0.2, -0.15) is 4.37 Å².